The van der Waals surface area contributed by atoms with Crippen LogP contribution < -0.4 is 16.0 Å². The third-order valence-corrected chi connectivity index (χ3v) is 2.87. The highest BCUT2D eigenvalue weighted by atomic mass is 16.2. The summed E-state index contributed by atoms with van der Waals surface area (Å²) < 4.78 is 0. The molecule has 1 amide bonds. The van der Waals surface area contributed by atoms with Gasteiger partial charge in [0.2, 0.25) is 5.91 Å². The first kappa shape index (κ1) is 10.7. The molecule has 6 heteroatoms. The number of nitrogens with one attached hydrogen (secondary N) is 1. The number of carbonyl (C=O) groups is 1. The Kier molecular flexibility index (Phi) is 2.64. The van der Waals surface area contributed by atoms with Crippen molar-refractivity contribution >= 4 is 17.5 Å². The summed E-state index contributed by atoms with van der Waals surface area (Å²) in [6.45, 7) is 5.09. The minimum absolute atomic E-state index is 0.0165. The number of hydrogen-bond donors (Lipinski definition) is 2. The molecule has 0 bridgehead atoms. The Hall–Kier alpha value is -1.85. The zero-order valence-electron chi connectivity index (χ0n) is 9.40. The van der Waals surface area contributed by atoms with E-state index >= 15 is 0 Å². The van der Waals surface area contributed by atoms with Gasteiger partial charge in [0.1, 0.15) is 24.0 Å². The van der Waals surface area contributed by atoms with Gasteiger partial charge in [-0.2, -0.15) is 0 Å². The van der Waals surface area contributed by atoms with Gasteiger partial charge in [-0.3, -0.25) is 4.79 Å². The lowest BCUT2D eigenvalue weighted by Crippen LogP contribution is -2.54. The van der Waals surface area contributed by atoms with Crippen LogP contribution in [0.2, 0.25) is 0 Å². The fourth-order valence-electron chi connectivity index (χ4n) is 1.82. The van der Waals surface area contributed by atoms with Crippen LogP contribution in [0.1, 0.15) is 12.5 Å². The summed E-state index contributed by atoms with van der Waals surface area (Å²) in [6.07, 6.45) is 1.43. The van der Waals surface area contributed by atoms with E-state index in [0.717, 1.165) is 17.9 Å². The van der Waals surface area contributed by atoms with Crippen molar-refractivity contribution in [3.8, 4) is 0 Å². The van der Waals surface area contributed by atoms with Crippen LogP contribution in [0.25, 0.3) is 0 Å². The number of nitrogen functional groups attached to an aromatic ring is 1. The van der Waals surface area contributed by atoms with Crippen molar-refractivity contribution in [3.05, 3.63) is 11.9 Å². The predicted octanol–water partition coefficient (Wildman–Crippen LogP) is -0.308. The highest BCUT2D eigenvalue weighted by Crippen LogP contribution is 2.22. The summed E-state index contributed by atoms with van der Waals surface area (Å²) in [7, 11) is 0. The maximum atomic E-state index is 11.5. The molecule has 1 unspecified atom stereocenters. The molecule has 86 valence electrons. The van der Waals surface area contributed by atoms with Crippen molar-refractivity contribution < 1.29 is 4.79 Å². The van der Waals surface area contributed by atoms with Crippen LogP contribution in [0, 0.1) is 6.92 Å². The van der Waals surface area contributed by atoms with E-state index in [-0.39, 0.29) is 11.9 Å². The Labute approximate surface area is 93.9 Å². The topological polar surface area (TPSA) is 84.1 Å². The Bertz CT molecular complexity index is 420. The minimum Gasteiger partial charge on any atom is -0.383 e. The largest absolute Gasteiger partial charge is 0.383 e. The molecule has 1 aliphatic rings. The average Bonchev–Trinajstić information content (AvgIpc) is 2.27. The van der Waals surface area contributed by atoms with Crippen molar-refractivity contribution in [1.29, 1.82) is 0 Å². The number of aromatic nitrogens is 2. The van der Waals surface area contributed by atoms with E-state index in [1.807, 2.05) is 18.7 Å². The van der Waals surface area contributed by atoms with Gasteiger partial charge in [0.05, 0.1) is 0 Å². The second kappa shape index (κ2) is 3.96. The molecule has 1 fully saturated rings. The molecule has 2 rings (SSSR count). The molecule has 1 aromatic rings. The molecular formula is C10H15N5O. The lowest BCUT2D eigenvalue weighted by atomic mass is 10.2. The quantitative estimate of drug-likeness (QED) is 0.679. The average molecular weight is 221 g/mol. The van der Waals surface area contributed by atoms with Crippen molar-refractivity contribution in [1.82, 2.24) is 15.3 Å². The van der Waals surface area contributed by atoms with Crippen molar-refractivity contribution in [3.63, 3.8) is 0 Å². The highest BCUT2D eigenvalue weighted by molar-refractivity contribution is 5.86. The molecule has 1 saturated heterocycles. The van der Waals surface area contributed by atoms with Gasteiger partial charge in [-0.1, -0.05) is 0 Å². The van der Waals surface area contributed by atoms with Crippen LogP contribution >= 0.6 is 0 Å². The highest BCUT2D eigenvalue weighted by Gasteiger charge is 2.27. The molecule has 0 radical (unpaired) electrons. The summed E-state index contributed by atoms with van der Waals surface area (Å²) >= 11 is 0. The van der Waals surface area contributed by atoms with E-state index in [1.54, 1.807) is 0 Å². The number of piperazine rings is 1. The van der Waals surface area contributed by atoms with Crippen molar-refractivity contribution in [2.75, 3.05) is 23.7 Å². The Morgan fingerprint density at radius 1 is 1.56 bits per heavy atom. The van der Waals surface area contributed by atoms with Gasteiger partial charge in [-0.15, -0.1) is 0 Å². The summed E-state index contributed by atoms with van der Waals surface area (Å²) in [6, 6.07) is -0.221. The van der Waals surface area contributed by atoms with Crippen LogP contribution in [0.4, 0.5) is 11.6 Å². The molecule has 6 nitrogen and oxygen atoms in total. The molecule has 1 aliphatic heterocycles. The Balaban J connectivity index is 2.36. The zero-order chi connectivity index (χ0) is 11.7. The van der Waals surface area contributed by atoms with E-state index in [2.05, 4.69) is 15.3 Å². The van der Waals surface area contributed by atoms with Crippen LogP contribution in [0.3, 0.4) is 0 Å². The summed E-state index contributed by atoms with van der Waals surface area (Å²) in [5.74, 6) is 1.22. The standard InChI is InChI=1S/C10H15N5O/c1-6-8(11)13-5-14-9(6)15-4-3-12-10(16)7(15)2/h5,7H,3-4H2,1-2H3,(H,12,16)(H2,11,13,14). The zero-order valence-corrected chi connectivity index (χ0v) is 9.40. The van der Waals surface area contributed by atoms with Crippen LogP contribution in [-0.2, 0) is 4.79 Å². The Morgan fingerprint density at radius 3 is 3.06 bits per heavy atom. The van der Waals surface area contributed by atoms with Crippen LogP contribution in [0.5, 0.6) is 0 Å². The summed E-state index contributed by atoms with van der Waals surface area (Å²) in [5.41, 5.74) is 6.55. The summed E-state index contributed by atoms with van der Waals surface area (Å²) in [5, 5.41) is 2.81. The molecule has 0 aliphatic carbocycles. The minimum atomic E-state index is -0.221. The SMILES string of the molecule is Cc1c(N)ncnc1N1CCNC(=O)C1C. The van der Waals surface area contributed by atoms with Gasteiger partial charge in [0.25, 0.3) is 0 Å². The van der Waals surface area contributed by atoms with Crippen molar-refractivity contribution in [2.45, 2.75) is 19.9 Å². The third kappa shape index (κ3) is 1.66. The molecule has 16 heavy (non-hydrogen) atoms. The molecule has 3 N–H and O–H groups in total. The lowest BCUT2D eigenvalue weighted by molar-refractivity contribution is -0.122. The molecule has 2 heterocycles. The van der Waals surface area contributed by atoms with Crippen molar-refractivity contribution in [2.24, 2.45) is 0 Å². The number of nitrogens with two attached hydrogens (primary N) is 1. The third-order valence-electron chi connectivity index (χ3n) is 2.87. The molecule has 0 spiro atoms. The first-order valence-corrected chi connectivity index (χ1v) is 5.22. The first-order chi connectivity index (χ1) is 7.61. The molecule has 0 saturated carbocycles. The van der Waals surface area contributed by atoms with Gasteiger partial charge < -0.3 is 16.0 Å². The summed E-state index contributed by atoms with van der Waals surface area (Å²) in [4.78, 5) is 21.6. The van der Waals surface area contributed by atoms with Gasteiger partial charge >= 0.3 is 0 Å². The smallest absolute Gasteiger partial charge is 0.242 e. The van der Waals surface area contributed by atoms with Gasteiger partial charge in [0, 0.05) is 18.7 Å². The van der Waals surface area contributed by atoms with Gasteiger partial charge in [0.15, 0.2) is 0 Å². The second-order valence-electron chi connectivity index (χ2n) is 3.87. The molecule has 1 aromatic heterocycles. The van der Waals surface area contributed by atoms with Crippen LogP contribution in [-0.4, -0.2) is 35.0 Å². The predicted molar refractivity (Wildman–Crippen MR) is 61.0 cm³/mol. The van der Waals surface area contributed by atoms with Crippen LogP contribution in [0.15, 0.2) is 6.33 Å². The maximum Gasteiger partial charge on any atom is 0.242 e. The number of anilines is 2. The fraction of sp³-hybridized carbons (Fsp3) is 0.500. The number of carbonyl (C=O) groups excluding carboxylic acids is 1. The van der Waals surface area contributed by atoms with E-state index in [0.29, 0.717) is 12.4 Å². The first-order valence-electron chi connectivity index (χ1n) is 5.22. The molecule has 1 atom stereocenters. The fourth-order valence-corrected chi connectivity index (χ4v) is 1.82. The van der Waals surface area contributed by atoms with Gasteiger partial charge in [-0.05, 0) is 13.8 Å². The monoisotopic (exact) mass is 221 g/mol. The van der Waals surface area contributed by atoms with Gasteiger partial charge in [-0.25, -0.2) is 9.97 Å². The second-order valence-corrected chi connectivity index (χ2v) is 3.87. The number of hydrogen-bond acceptors (Lipinski definition) is 5. The van der Waals surface area contributed by atoms with E-state index in [4.69, 9.17) is 5.73 Å². The molecular weight excluding hydrogens is 206 g/mol. The van der Waals surface area contributed by atoms with E-state index < -0.39 is 0 Å². The van der Waals surface area contributed by atoms with E-state index in [1.165, 1.54) is 6.33 Å². The Morgan fingerprint density at radius 2 is 2.31 bits per heavy atom. The van der Waals surface area contributed by atoms with E-state index in [9.17, 15) is 4.79 Å². The maximum absolute atomic E-state index is 11.5. The number of amides is 1. The number of nitrogens with zero attached hydrogens (tertiary/aromatic N) is 3. The number of rotatable bonds is 1. The lowest BCUT2D eigenvalue weighted by Gasteiger charge is -2.34. The molecule has 0 aromatic carbocycles. The normalized spacial score (nSPS) is 20.8.